The van der Waals surface area contributed by atoms with E-state index in [1.54, 1.807) is 18.2 Å². The summed E-state index contributed by atoms with van der Waals surface area (Å²) in [6.45, 7) is 6.11. The van der Waals surface area contributed by atoms with E-state index >= 15 is 0 Å². The van der Waals surface area contributed by atoms with Gasteiger partial charge in [-0.05, 0) is 55.3 Å². The van der Waals surface area contributed by atoms with Crippen molar-refractivity contribution in [2.75, 3.05) is 18.0 Å². The molecule has 0 aliphatic carbocycles. The first-order chi connectivity index (χ1) is 11.6. The second-order valence-corrected chi connectivity index (χ2v) is 5.24. The normalized spacial score (nSPS) is 11.0. The second-order valence-electron chi connectivity index (χ2n) is 5.24. The van der Waals surface area contributed by atoms with Crippen LogP contribution in [0.3, 0.4) is 0 Å². The van der Waals surface area contributed by atoms with Gasteiger partial charge in [0.2, 0.25) is 0 Å². The molecule has 5 heteroatoms. The summed E-state index contributed by atoms with van der Waals surface area (Å²) in [5.74, 6) is 0. The third kappa shape index (κ3) is 3.99. The van der Waals surface area contributed by atoms with Crippen LogP contribution in [-0.4, -0.2) is 18.0 Å². The quantitative estimate of drug-likeness (QED) is 0.340. The highest BCUT2D eigenvalue weighted by atomic mass is 16.6. The van der Waals surface area contributed by atoms with E-state index < -0.39 is 4.92 Å². The Bertz CT molecular complexity index is 768. The third-order valence-electron chi connectivity index (χ3n) is 3.84. The highest BCUT2D eigenvalue weighted by molar-refractivity contribution is 5.89. The molecule has 0 saturated heterocycles. The standard InChI is InChI=1S/C19H19N3O2/c1-3-21(4-2)18-9-5-15(6-10-18)13-17(14-20)16-7-11-19(12-8-16)22(23)24/h5-13H,3-4H2,1-2H3/b17-13+. The first-order valence-electron chi connectivity index (χ1n) is 7.80. The van der Waals surface area contributed by atoms with E-state index in [1.165, 1.54) is 12.1 Å². The van der Waals surface area contributed by atoms with Crippen LogP contribution < -0.4 is 4.90 Å². The first-order valence-corrected chi connectivity index (χ1v) is 7.80. The summed E-state index contributed by atoms with van der Waals surface area (Å²) in [5, 5.41) is 20.1. The van der Waals surface area contributed by atoms with E-state index in [0.29, 0.717) is 11.1 Å². The predicted molar refractivity (Wildman–Crippen MR) is 96.6 cm³/mol. The molecule has 5 nitrogen and oxygen atoms in total. The van der Waals surface area contributed by atoms with Crippen LogP contribution in [-0.2, 0) is 0 Å². The van der Waals surface area contributed by atoms with Crippen molar-refractivity contribution in [2.45, 2.75) is 13.8 Å². The average molecular weight is 321 g/mol. The molecule has 0 radical (unpaired) electrons. The molecule has 0 saturated carbocycles. The first kappa shape index (κ1) is 17.2. The molecule has 0 fully saturated rings. The Kier molecular flexibility index (Phi) is 5.69. The number of benzene rings is 2. The lowest BCUT2D eigenvalue weighted by Crippen LogP contribution is -2.21. The van der Waals surface area contributed by atoms with E-state index in [2.05, 4.69) is 24.8 Å². The van der Waals surface area contributed by atoms with Gasteiger partial charge in [0.15, 0.2) is 0 Å². The Hall–Kier alpha value is -3.13. The minimum atomic E-state index is -0.453. The minimum Gasteiger partial charge on any atom is -0.372 e. The van der Waals surface area contributed by atoms with Crippen molar-refractivity contribution in [3.8, 4) is 6.07 Å². The number of nitro groups is 1. The van der Waals surface area contributed by atoms with Gasteiger partial charge in [0.1, 0.15) is 0 Å². The molecular formula is C19H19N3O2. The Morgan fingerprint density at radius 3 is 2.17 bits per heavy atom. The zero-order chi connectivity index (χ0) is 17.5. The summed E-state index contributed by atoms with van der Waals surface area (Å²) in [4.78, 5) is 12.5. The van der Waals surface area contributed by atoms with Gasteiger partial charge in [-0.15, -0.1) is 0 Å². The van der Waals surface area contributed by atoms with E-state index in [0.717, 1.165) is 24.3 Å². The smallest absolute Gasteiger partial charge is 0.269 e. The van der Waals surface area contributed by atoms with E-state index in [1.807, 2.05) is 24.3 Å². The van der Waals surface area contributed by atoms with Crippen molar-refractivity contribution < 1.29 is 4.92 Å². The maximum Gasteiger partial charge on any atom is 0.269 e. The van der Waals surface area contributed by atoms with Gasteiger partial charge in [0.25, 0.3) is 5.69 Å². The summed E-state index contributed by atoms with van der Waals surface area (Å²) >= 11 is 0. The Labute approximate surface area is 141 Å². The SMILES string of the molecule is CCN(CC)c1ccc(/C=C(\C#N)c2ccc([N+](=O)[O-])cc2)cc1. The van der Waals surface area contributed by atoms with E-state index in [4.69, 9.17) is 0 Å². The molecule has 0 aromatic heterocycles. The molecule has 0 unspecified atom stereocenters. The highest BCUT2D eigenvalue weighted by Gasteiger charge is 2.07. The Balaban J connectivity index is 2.27. The molecule has 0 bridgehead atoms. The van der Waals surface area contributed by atoms with Crippen molar-refractivity contribution in [2.24, 2.45) is 0 Å². The molecule has 0 N–H and O–H groups in total. The van der Waals surface area contributed by atoms with Gasteiger partial charge in [-0.25, -0.2) is 0 Å². The molecule has 0 spiro atoms. The van der Waals surface area contributed by atoms with Crippen LogP contribution >= 0.6 is 0 Å². The predicted octanol–water partition coefficient (Wildman–Crippen LogP) is 4.51. The lowest BCUT2D eigenvalue weighted by molar-refractivity contribution is -0.384. The largest absolute Gasteiger partial charge is 0.372 e. The summed E-state index contributed by atoms with van der Waals surface area (Å²) < 4.78 is 0. The van der Waals surface area contributed by atoms with Crippen LogP contribution in [0.25, 0.3) is 11.6 Å². The van der Waals surface area contributed by atoms with Crippen LogP contribution in [0.15, 0.2) is 48.5 Å². The van der Waals surface area contributed by atoms with E-state index in [-0.39, 0.29) is 5.69 Å². The van der Waals surface area contributed by atoms with Crippen molar-refractivity contribution >= 4 is 23.0 Å². The fraction of sp³-hybridized carbons (Fsp3) is 0.211. The zero-order valence-corrected chi connectivity index (χ0v) is 13.8. The molecule has 0 aliphatic heterocycles. The fourth-order valence-electron chi connectivity index (χ4n) is 2.48. The molecule has 0 amide bonds. The zero-order valence-electron chi connectivity index (χ0n) is 13.8. The number of anilines is 1. The molecule has 2 rings (SSSR count). The average Bonchev–Trinajstić information content (AvgIpc) is 2.62. The number of rotatable bonds is 6. The van der Waals surface area contributed by atoms with Gasteiger partial charge in [-0.2, -0.15) is 5.26 Å². The number of nitriles is 1. The molecule has 24 heavy (non-hydrogen) atoms. The molecule has 122 valence electrons. The fourth-order valence-corrected chi connectivity index (χ4v) is 2.48. The van der Waals surface area contributed by atoms with Crippen molar-refractivity contribution in [1.82, 2.24) is 0 Å². The number of nitrogens with zero attached hydrogens (tertiary/aromatic N) is 3. The van der Waals surface area contributed by atoms with Crippen LogP contribution in [0.4, 0.5) is 11.4 Å². The lowest BCUT2D eigenvalue weighted by Gasteiger charge is -2.20. The number of nitro benzene ring substituents is 1. The number of allylic oxidation sites excluding steroid dienone is 1. The summed E-state index contributed by atoms with van der Waals surface area (Å²) in [6.07, 6.45) is 1.78. The van der Waals surface area contributed by atoms with Crippen LogP contribution in [0, 0.1) is 21.4 Å². The number of hydrogen-bond acceptors (Lipinski definition) is 4. The van der Waals surface area contributed by atoms with Crippen LogP contribution in [0.5, 0.6) is 0 Å². The number of non-ortho nitro benzene ring substituents is 1. The third-order valence-corrected chi connectivity index (χ3v) is 3.84. The summed E-state index contributed by atoms with van der Waals surface area (Å²) in [5.41, 5.74) is 3.21. The minimum absolute atomic E-state index is 0.0135. The lowest BCUT2D eigenvalue weighted by atomic mass is 10.0. The second kappa shape index (κ2) is 7.93. The summed E-state index contributed by atoms with van der Waals surface area (Å²) in [6, 6.07) is 16.2. The molecule has 0 heterocycles. The van der Waals surface area contributed by atoms with Gasteiger partial charge >= 0.3 is 0 Å². The molecule has 0 aliphatic rings. The monoisotopic (exact) mass is 321 g/mol. The number of hydrogen-bond donors (Lipinski definition) is 0. The van der Waals surface area contributed by atoms with Crippen molar-refractivity contribution in [1.29, 1.82) is 5.26 Å². The maximum atomic E-state index is 10.7. The topological polar surface area (TPSA) is 70.2 Å². The van der Waals surface area contributed by atoms with Gasteiger partial charge in [0.05, 0.1) is 16.6 Å². The molecule has 0 atom stereocenters. The molecule has 2 aromatic rings. The van der Waals surface area contributed by atoms with Gasteiger partial charge in [0, 0.05) is 30.9 Å². The van der Waals surface area contributed by atoms with Gasteiger partial charge in [-0.1, -0.05) is 12.1 Å². The molecular weight excluding hydrogens is 302 g/mol. The Morgan fingerprint density at radius 1 is 1.12 bits per heavy atom. The van der Waals surface area contributed by atoms with Crippen LogP contribution in [0.2, 0.25) is 0 Å². The van der Waals surface area contributed by atoms with Gasteiger partial charge < -0.3 is 4.90 Å². The van der Waals surface area contributed by atoms with Crippen molar-refractivity contribution in [3.05, 3.63) is 69.8 Å². The summed E-state index contributed by atoms with van der Waals surface area (Å²) in [7, 11) is 0. The highest BCUT2D eigenvalue weighted by Crippen LogP contribution is 2.22. The van der Waals surface area contributed by atoms with Crippen molar-refractivity contribution in [3.63, 3.8) is 0 Å². The van der Waals surface area contributed by atoms with E-state index in [9.17, 15) is 15.4 Å². The molecule has 2 aromatic carbocycles. The van der Waals surface area contributed by atoms with Crippen LogP contribution in [0.1, 0.15) is 25.0 Å². The maximum absolute atomic E-state index is 10.7. The Morgan fingerprint density at radius 2 is 1.71 bits per heavy atom. The van der Waals surface area contributed by atoms with Gasteiger partial charge in [-0.3, -0.25) is 10.1 Å².